The molecule has 0 saturated heterocycles. The van der Waals surface area contributed by atoms with Crippen molar-refractivity contribution < 1.29 is 19.1 Å². The largest absolute Gasteiger partial charge is 0.423 e. The number of carbonyl (C=O) groups excluding carboxylic acids is 3. The van der Waals surface area contributed by atoms with Gasteiger partial charge in [0, 0.05) is 15.2 Å². The molecular weight excluding hydrogens is 510 g/mol. The third kappa shape index (κ3) is 6.50. The number of rotatable bonds is 5. The Morgan fingerprint density at radius 2 is 1.67 bits per heavy atom. The van der Waals surface area contributed by atoms with Gasteiger partial charge < -0.3 is 10.1 Å². The normalized spacial score (nSPS) is 11.0. The topological polar surface area (TPSA) is 96.9 Å². The lowest BCUT2D eigenvalue weighted by molar-refractivity contribution is -0.136. The molecule has 33 heavy (non-hydrogen) atoms. The Kier molecular flexibility index (Phi) is 7.97. The van der Waals surface area contributed by atoms with E-state index < -0.39 is 17.8 Å². The second-order valence-electron chi connectivity index (χ2n) is 6.95. The van der Waals surface area contributed by atoms with Crippen molar-refractivity contribution in [3.8, 4) is 5.75 Å². The number of esters is 1. The fraction of sp³-hybridized carbons (Fsp3) is 0.0833. The van der Waals surface area contributed by atoms with E-state index in [1.165, 1.54) is 0 Å². The number of carbonyl (C=O) groups is 3. The van der Waals surface area contributed by atoms with E-state index in [9.17, 15) is 14.4 Å². The zero-order valence-electron chi connectivity index (χ0n) is 17.7. The maximum Gasteiger partial charge on any atom is 0.344 e. The highest BCUT2D eigenvalue weighted by atomic mass is 79.9. The fourth-order valence-electron chi connectivity index (χ4n) is 2.66. The highest BCUT2D eigenvalue weighted by molar-refractivity contribution is 9.10. The Labute approximate surface area is 203 Å². The van der Waals surface area contributed by atoms with Crippen LogP contribution in [0.1, 0.15) is 28.4 Å². The Balaban J connectivity index is 1.58. The molecule has 9 heteroatoms. The molecule has 0 fully saturated rings. The number of nitrogens with one attached hydrogen (secondary N) is 2. The van der Waals surface area contributed by atoms with E-state index >= 15 is 0 Å². The highest BCUT2D eigenvalue weighted by Gasteiger charge is 2.14. The van der Waals surface area contributed by atoms with Crippen LogP contribution in [0.25, 0.3) is 0 Å². The summed E-state index contributed by atoms with van der Waals surface area (Å²) in [6.45, 7) is 3.50. The van der Waals surface area contributed by atoms with Crippen LogP contribution in [-0.2, 0) is 9.59 Å². The van der Waals surface area contributed by atoms with Gasteiger partial charge in [-0.2, -0.15) is 5.10 Å². The maximum absolute atomic E-state index is 12.3. The minimum Gasteiger partial charge on any atom is -0.423 e. The fourth-order valence-corrected chi connectivity index (χ4v) is 3.29. The number of hydrogen-bond acceptors (Lipinski definition) is 5. The summed E-state index contributed by atoms with van der Waals surface area (Å²) in [4.78, 5) is 36.4. The zero-order valence-corrected chi connectivity index (χ0v) is 20.0. The minimum absolute atomic E-state index is 0.354. The average molecular weight is 529 g/mol. The highest BCUT2D eigenvalue weighted by Crippen LogP contribution is 2.21. The van der Waals surface area contributed by atoms with Crippen molar-refractivity contribution >= 4 is 56.7 Å². The Bertz CT molecular complexity index is 1240. The number of benzene rings is 3. The van der Waals surface area contributed by atoms with E-state index in [2.05, 4.69) is 31.8 Å². The van der Waals surface area contributed by atoms with Crippen molar-refractivity contribution in [2.45, 2.75) is 13.8 Å². The van der Waals surface area contributed by atoms with Crippen LogP contribution in [0.15, 0.2) is 76.3 Å². The van der Waals surface area contributed by atoms with Gasteiger partial charge in [-0.25, -0.2) is 10.2 Å². The molecule has 0 atom stereocenters. The number of hydrazone groups is 1. The van der Waals surface area contributed by atoms with Crippen molar-refractivity contribution in [3.63, 3.8) is 0 Å². The Hall–Kier alpha value is -3.49. The van der Waals surface area contributed by atoms with Crippen LogP contribution in [0.5, 0.6) is 5.75 Å². The molecule has 0 aliphatic heterocycles. The Morgan fingerprint density at radius 3 is 2.33 bits per heavy atom. The molecule has 0 bridgehead atoms. The van der Waals surface area contributed by atoms with Gasteiger partial charge in [0.1, 0.15) is 5.75 Å². The predicted octanol–water partition coefficient (Wildman–Crippen LogP) is 5.11. The van der Waals surface area contributed by atoms with Gasteiger partial charge in [0.25, 0.3) is 0 Å². The number of anilines is 1. The van der Waals surface area contributed by atoms with Crippen molar-refractivity contribution in [1.82, 2.24) is 5.43 Å². The molecule has 0 aromatic heterocycles. The molecular formula is C24H19BrClN3O4. The first kappa shape index (κ1) is 24.2. The molecule has 2 N–H and O–H groups in total. The molecule has 3 aromatic rings. The second kappa shape index (κ2) is 10.9. The van der Waals surface area contributed by atoms with Crippen molar-refractivity contribution in [1.29, 1.82) is 0 Å². The van der Waals surface area contributed by atoms with E-state index in [1.807, 2.05) is 6.92 Å². The summed E-state index contributed by atoms with van der Waals surface area (Å²) in [5, 5.41) is 6.89. The smallest absolute Gasteiger partial charge is 0.344 e. The zero-order chi connectivity index (χ0) is 24.0. The van der Waals surface area contributed by atoms with Gasteiger partial charge in [0.05, 0.1) is 11.3 Å². The molecule has 2 amide bonds. The van der Waals surface area contributed by atoms with Gasteiger partial charge in [0.2, 0.25) is 0 Å². The summed E-state index contributed by atoms with van der Waals surface area (Å²) in [5.74, 6) is -1.94. The van der Waals surface area contributed by atoms with Gasteiger partial charge in [-0.1, -0.05) is 29.8 Å². The van der Waals surface area contributed by atoms with E-state index in [4.69, 9.17) is 16.3 Å². The number of nitrogens with zero attached hydrogens (tertiary/aromatic N) is 1. The lowest BCUT2D eigenvalue weighted by Gasteiger charge is -2.08. The quantitative estimate of drug-likeness (QED) is 0.158. The molecule has 3 aromatic carbocycles. The first-order valence-corrected chi connectivity index (χ1v) is 10.9. The van der Waals surface area contributed by atoms with E-state index in [-0.39, 0.29) is 0 Å². The molecule has 0 aliphatic rings. The van der Waals surface area contributed by atoms with Gasteiger partial charge in [0.15, 0.2) is 0 Å². The average Bonchev–Trinajstić information content (AvgIpc) is 2.80. The van der Waals surface area contributed by atoms with Crippen molar-refractivity contribution in [2.24, 2.45) is 5.10 Å². The lowest BCUT2D eigenvalue weighted by Crippen LogP contribution is -2.32. The summed E-state index contributed by atoms with van der Waals surface area (Å²) in [6, 6.07) is 18.5. The van der Waals surface area contributed by atoms with Crippen LogP contribution in [0.4, 0.5) is 5.69 Å². The number of halogens is 2. The Morgan fingerprint density at radius 1 is 0.970 bits per heavy atom. The molecule has 168 valence electrons. The molecule has 7 nitrogen and oxygen atoms in total. The number of aryl methyl sites for hydroxylation is 1. The van der Waals surface area contributed by atoms with Crippen LogP contribution >= 0.6 is 27.5 Å². The van der Waals surface area contributed by atoms with Gasteiger partial charge >= 0.3 is 17.8 Å². The summed E-state index contributed by atoms with van der Waals surface area (Å²) < 4.78 is 6.02. The third-order valence-electron chi connectivity index (χ3n) is 4.54. The standard InChI is InChI=1S/C24H19BrClN3O4/c1-14-7-10-17(13-21(14)26)27-22(30)23(31)29-28-15(2)16-8-11-18(12-9-16)33-24(32)19-5-3-4-6-20(19)25/h3-13H,1-2H3,(H,27,30)(H,29,31)/b28-15+. The third-order valence-corrected chi connectivity index (χ3v) is 5.64. The first-order chi connectivity index (χ1) is 15.7. The summed E-state index contributed by atoms with van der Waals surface area (Å²) in [7, 11) is 0. The maximum atomic E-state index is 12.3. The van der Waals surface area contributed by atoms with Crippen LogP contribution in [-0.4, -0.2) is 23.5 Å². The molecule has 0 saturated carbocycles. The number of amides is 2. The van der Waals surface area contributed by atoms with E-state index in [1.54, 1.807) is 73.7 Å². The van der Waals surface area contributed by atoms with Crippen molar-refractivity contribution in [2.75, 3.05) is 5.32 Å². The van der Waals surface area contributed by atoms with E-state index in [0.717, 1.165) is 5.56 Å². The van der Waals surface area contributed by atoms with Gasteiger partial charge in [-0.15, -0.1) is 0 Å². The molecule has 0 aliphatic carbocycles. The molecule has 0 spiro atoms. The molecule has 0 heterocycles. The monoisotopic (exact) mass is 527 g/mol. The summed E-state index contributed by atoms with van der Waals surface area (Å²) in [6.07, 6.45) is 0. The van der Waals surface area contributed by atoms with Crippen molar-refractivity contribution in [3.05, 3.63) is 92.9 Å². The van der Waals surface area contributed by atoms with E-state index in [0.29, 0.717) is 37.8 Å². The minimum atomic E-state index is -0.926. The van der Waals surface area contributed by atoms with Crippen LogP contribution in [0, 0.1) is 6.92 Å². The van der Waals surface area contributed by atoms with Crippen LogP contribution in [0.2, 0.25) is 5.02 Å². The molecule has 0 radical (unpaired) electrons. The number of ether oxygens (including phenoxy) is 1. The summed E-state index contributed by atoms with van der Waals surface area (Å²) in [5.41, 5.74) is 5.01. The summed E-state index contributed by atoms with van der Waals surface area (Å²) >= 11 is 9.34. The van der Waals surface area contributed by atoms with Gasteiger partial charge in [-0.05, 0) is 89.4 Å². The predicted molar refractivity (Wildman–Crippen MR) is 131 cm³/mol. The molecule has 3 rings (SSSR count). The van der Waals surface area contributed by atoms with Crippen LogP contribution in [0.3, 0.4) is 0 Å². The lowest BCUT2D eigenvalue weighted by atomic mass is 10.1. The molecule has 0 unspecified atom stereocenters. The van der Waals surface area contributed by atoms with Gasteiger partial charge in [-0.3, -0.25) is 9.59 Å². The van der Waals surface area contributed by atoms with Crippen LogP contribution < -0.4 is 15.5 Å². The second-order valence-corrected chi connectivity index (χ2v) is 8.21. The first-order valence-electron chi connectivity index (χ1n) is 9.73. The number of hydrogen-bond donors (Lipinski definition) is 2. The SMILES string of the molecule is C/C(=N\NC(=O)C(=O)Nc1ccc(C)c(Cl)c1)c1ccc(OC(=O)c2ccccc2Br)cc1.